The maximum atomic E-state index is 9.95. The van der Waals surface area contributed by atoms with Crippen molar-refractivity contribution in [3.05, 3.63) is 91.3 Å². The number of aliphatic imine (C=N–C) groups is 1. The molecule has 0 saturated carbocycles. The molecule has 7 heteroatoms. The molecule has 1 aliphatic rings. The number of fused-ring (bicyclic) bond motifs is 1. The fraction of sp³-hybridized carbons (Fsp3) is 0.154. The van der Waals surface area contributed by atoms with E-state index < -0.39 is 0 Å². The van der Waals surface area contributed by atoms with Gasteiger partial charge < -0.3 is 10.1 Å². The van der Waals surface area contributed by atoms with Gasteiger partial charge in [0, 0.05) is 5.56 Å². The molecular weight excluding hydrogens is 448 g/mol. The molecular formula is C26H22N4OS2. The van der Waals surface area contributed by atoms with Gasteiger partial charge in [-0.2, -0.15) is 0 Å². The van der Waals surface area contributed by atoms with Crippen LogP contribution in [0.4, 0.5) is 5.69 Å². The van der Waals surface area contributed by atoms with Gasteiger partial charge in [0.2, 0.25) is 5.88 Å². The summed E-state index contributed by atoms with van der Waals surface area (Å²) in [6, 6.07) is 20.3. The highest BCUT2D eigenvalue weighted by molar-refractivity contribution is 7.73. The number of amidine groups is 1. The Bertz CT molecular complexity index is 1570. The van der Waals surface area contributed by atoms with E-state index in [2.05, 4.69) is 55.0 Å². The van der Waals surface area contributed by atoms with Crippen molar-refractivity contribution >= 4 is 41.2 Å². The molecule has 5 nitrogen and oxygen atoms in total. The monoisotopic (exact) mass is 470 g/mol. The van der Waals surface area contributed by atoms with Gasteiger partial charge in [0.1, 0.15) is 5.69 Å². The van der Waals surface area contributed by atoms with Crippen LogP contribution < -0.4 is 10.6 Å². The van der Waals surface area contributed by atoms with Crippen LogP contribution in [0, 0.1) is 3.95 Å². The Labute approximate surface area is 200 Å². The third-order valence-electron chi connectivity index (χ3n) is 5.43. The predicted octanol–water partition coefficient (Wildman–Crippen LogP) is 5.41. The number of nitrogens with zero attached hydrogens (tertiary/aromatic N) is 3. The first-order chi connectivity index (χ1) is 15.8. The van der Waals surface area contributed by atoms with Gasteiger partial charge in [-0.3, -0.25) is 0 Å². The third kappa shape index (κ3) is 4.42. The SMILES string of the molecule is CC(C)(C)c1ccc(-c2cccc(C3=Nc4cc(=Cc5sc(=S)[nH]c5O)ccc4=N3)n2)cc1. The first-order valence-electron chi connectivity index (χ1n) is 10.6. The van der Waals surface area contributed by atoms with Crippen molar-refractivity contribution in [2.75, 3.05) is 0 Å². The predicted molar refractivity (Wildman–Crippen MR) is 137 cm³/mol. The van der Waals surface area contributed by atoms with Crippen LogP contribution >= 0.6 is 23.6 Å². The number of pyridine rings is 1. The second-order valence-corrected chi connectivity index (χ2v) is 10.6. The van der Waals surface area contributed by atoms with Gasteiger partial charge >= 0.3 is 0 Å². The highest BCUT2D eigenvalue weighted by Crippen LogP contribution is 2.26. The van der Waals surface area contributed by atoms with E-state index >= 15 is 0 Å². The van der Waals surface area contributed by atoms with Gasteiger partial charge in [0.25, 0.3) is 0 Å². The first-order valence-corrected chi connectivity index (χ1v) is 11.8. The molecule has 0 radical (unpaired) electrons. The van der Waals surface area contributed by atoms with Crippen molar-refractivity contribution in [1.29, 1.82) is 0 Å². The van der Waals surface area contributed by atoms with Crippen LogP contribution in [-0.4, -0.2) is 20.9 Å². The van der Waals surface area contributed by atoms with Crippen LogP contribution in [0.1, 0.15) is 36.9 Å². The van der Waals surface area contributed by atoms with Crippen molar-refractivity contribution in [3.8, 4) is 17.1 Å². The molecule has 1 aliphatic heterocycles. The van der Waals surface area contributed by atoms with Crippen molar-refractivity contribution in [2.24, 2.45) is 9.98 Å². The Morgan fingerprint density at radius 2 is 1.73 bits per heavy atom. The summed E-state index contributed by atoms with van der Waals surface area (Å²) in [5.41, 5.74) is 4.86. The van der Waals surface area contributed by atoms with E-state index in [4.69, 9.17) is 22.2 Å². The Balaban J connectivity index is 1.47. The number of aromatic hydroxyl groups is 1. The topological polar surface area (TPSA) is 73.6 Å². The van der Waals surface area contributed by atoms with Gasteiger partial charge in [0.05, 0.1) is 21.6 Å². The van der Waals surface area contributed by atoms with Crippen LogP contribution in [0.3, 0.4) is 0 Å². The summed E-state index contributed by atoms with van der Waals surface area (Å²) >= 11 is 6.42. The maximum absolute atomic E-state index is 9.95. The number of hydrogen-bond acceptors (Lipinski definition) is 6. The van der Waals surface area contributed by atoms with E-state index in [1.165, 1.54) is 16.9 Å². The van der Waals surface area contributed by atoms with Gasteiger partial charge in [0.15, 0.2) is 9.79 Å². The Morgan fingerprint density at radius 1 is 0.970 bits per heavy atom. The smallest absolute Gasteiger partial charge is 0.207 e. The molecule has 0 amide bonds. The van der Waals surface area contributed by atoms with Crippen molar-refractivity contribution in [1.82, 2.24) is 9.97 Å². The molecule has 2 aromatic heterocycles. The minimum absolute atomic E-state index is 0.0796. The number of benzene rings is 2. The van der Waals surface area contributed by atoms with E-state index in [1.807, 2.05) is 42.5 Å². The van der Waals surface area contributed by atoms with E-state index in [1.54, 1.807) is 0 Å². The first kappa shape index (κ1) is 21.4. The summed E-state index contributed by atoms with van der Waals surface area (Å²) in [7, 11) is 0. The number of aromatic nitrogens is 2. The lowest BCUT2D eigenvalue weighted by atomic mass is 9.86. The van der Waals surface area contributed by atoms with Crippen molar-refractivity contribution < 1.29 is 5.11 Å². The van der Waals surface area contributed by atoms with Crippen LogP contribution in [0.2, 0.25) is 0 Å². The lowest BCUT2D eigenvalue weighted by molar-refractivity contribution is 0.456. The number of rotatable bonds is 3. The van der Waals surface area contributed by atoms with Crippen molar-refractivity contribution in [3.63, 3.8) is 0 Å². The van der Waals surface area contributed by atoms with Crippen LogP contribution in [-0.2, 0) is 5.41 Å². The van der Waals surface area contributed by atoms with Crippen LogP contribution in [0.15, 0.2) is 70.6 Å². The minimum Gasteiger partial charge on any atom is -0.494 e. The van der Waals surface area contributed by atoms with Gasteiger partial charge in [-0.25, -0.2) is 15.0 Å². The molecule has 33 heavy (non-hydrogen) atoms. The van der Waals surface area contributed by atoms with Crippen molar-refractivity contribution in [2.45, 2.75) is 26.2 Å². The summed E-state index contributed by atoms with van der Waals surface area (Å²) in [5.74, 6) is 0.673. The van der Waals surface area contributed by atoms with Gasteiger partial charge in [-0.15, -0.1) is 11.3 Å². The zero-order chi connectivity index (χ0) is 23.2. The quantitative estimate of drug-likeness (QED) is 0.393. The molecule has 0 saturated heterocycles. The number of hydrogen-bond donors (Lipinski definition) is 2. The second-order valence-electron chi connectivity index (χ2n) is 8.90. The fourth-order valence-electron chi connectivity index (χ4n) is 3.62. The Kier molecular flexibility index (Phi) is 5.31. The molecule has 0 fully saturated rings. The molecule has 0 unspecified atom stereocenters. The Morgan fingerprint density at radius 3 is 2.42 bits per heavy atom. The summed E-state index contributed by atoms with van der Waals surface area (Å²) in [6.07, 6.45) is 1.88. The highest BCUT2D eigenvalue weighted by atomic mass is 32.1. The normalized spacial score (nSPS) is 13.5. The molecule has 3 heterocycles. The highest BCUT2D eigenvalue weighted by Gasteiger charge is 2.15. The minimum atomic E-state index is 0.0796. The van der Waals surface area contributed by atoms with Gasteiger partial charge in [-0.05, 0) is 58.8 Å². The molecule has 0 spiro atoms. The zero-order valence-electron chi connectivity index (χ0n) is 18.5. The van der Waals surface area contributed by atoms with E-state index in [-0.39, 0.29) is 11.3 Å². The molecule has 0 aliphatic carbocycles. The largest absolute Gasteiger partial charge is 0.494 e. The molecule has 4 aromatic rings. The van der Waals surface area contributed by atoms with Gasteiger partial charge in [-0.1, -0.05) is 57.2 Å². The average Bonchev–Trinajstić information content (AvgIpc) is 3.35. The summed E-state index contributed by atoms with van der Waals surface area (Å²) in [5, 5.41) is 11.7. The van der Waals surface area contributed by atoms with Crippen LogP contribution in [0.25, 0.3) is 17.3 Å². The molecule has 5 rings (SSSR count). The molecule has 164 valence electrons. The standard InChI is InChI=1S/C26H22N4OS2/c1-26(2,3)17-10-8-16(9-11-17)18-5-4-6-20(27-18)23-28-19-12-7-15(13-21(19)29-23)14-22-24(31)30-25(32)33-22/h4-14,31H,1-3H3,(H,30,32). The summed E-state index contributed by atoms with van der Waals surface area (Å²) in [4.78, 5) is 17.6. The number of nitrogens with one attached hydrogen (secondary N) is 1. The number of H-pyrrole nitrogens is 1. The van der Waals surface area contributed by atoms with Crippen LogP contribution in [0.5, 0.6) is 5.88 Å². The van der Waals surface area contributed by atoms with E-state index in [0.29, 0.717) is 14.7 Å². The van der Waals surface area contributed by atoms with E-state index in [0.717, 1.165) is 33.2 Å². The van der Waals surface area contributed by atoms with E-state index in [9.17, 15) is 5.11 Å². The molecule has 0 atom stereocenters. The average molecular weight is 471 g/mol. The summed E-state index contributed by atoms with van der Waals surface area (Å²) in [6.45, 7) is 6.62. The number of thiazole rings is 1. The lowest BCUT2D eigenvalue weighted by Gasteiger charge is -2.19. The molecule has 0 bridgehead atoms. The third-order valence-corrected chi connectivity index (χ3v) is 6.60. The maximum Gasteiger partial charge on any atom is 0.207 e. The molecule has 2 aromatic carbocycles. The fourth-order valence-corrected chi connectivity index (χ4v) is 4.68. The zero-order valence-corrected chi connectivity index (χ0v) is 20.1. The second kappa shape index (κ2) is 8.17. The number of aromatic amines is 1. The Hall–Kier alpha value is -3.42. The lowest BCUT2D eigenvalue weighted by Crippen LogP contribution is -2.10. The summed E-state index contributed by atoms with van der Waals surface area (Å²) < 4.78 is 0.536. The molecule has 2 N–H and O–H groups in total.